The molecule has 0 aromatic heterocycles. The number of benzene rings is 3. The molecule has 3 aromatic carbocycles. The average Bonchev–Trinajstić information content (AvgIpc) is 2.67. The first-order valence-corrected chi connectivity index (χ1v) is 7.87. The molecule has 0 atom stereocenters. The fourth-order valence-corrected chi connectivity index (χ4v) is 2.36. The largest absolute Gasteiger partial charge is 0.340 e. The van der Waals surface area contributed by atoms with Crippen molar-refractivity contribution in [1.82, 2.24) is 0 Å². The van der Waals surface area contributed by atoms with E-state index in [0.29, 0.717) is 12.4 Å². The van der Waals surface area contributed by atoms with Crippen molar-refractivity contribution in [1.29, 1.82) is 0 Å². The number of rotatable bonds is 5. The molecule has 1 N–H and O–H groups in total. The monoisotopic (exact) mass is 331 g/mol. The highest BCUT2D eigenvalue weighted by Crippen LogP contribution is 2.15. The van der Waals surface area contributed by atoms with Crippen LogP contribution in [-0.4, -0.2) is 10.8 Å². The van der Waals surface area contributed by atoms with Crippen LogP contribution >= 0.6 is 0 Å². The van der Waals surface area contributed by atoms with Crippen molar-refractivity contribution in [3.8, 4) is 0 Å². The molecule has 124 valence electrons. The van der Waals surface area contributed by atoms with E-state index in [-0.39, 0.29) is 5.69 Å². The number of para-hydroxylation sites is 1. The maximum Gasteiger partial charge on any atom is 0.269 e. The first-order valence-electron chi connectivity index (χ1n) is 7.87. The minimum atomic E-state index is -0.408. The normalized spacial score (nSPS) is 11.1. The zero-order chi connectivity index (χ0) is 17.5. The number of nitrogens with one attached hydrogen (secondary N) is 1. The number of anilines is 1. The predicted octanol–water partition coefficient (Wildman–Crippen LogP) is 4.65. The van der Waals surface area contributed by atoms with Gasteiger partial charge in [-0.3, -0.25) is 15.1 Å². The van der Waals surface area contributed by atoms with Gasteiger partial charge in [0, 0.05) is 23.4 Å². The summed E-state index contributed by atoms with van der Waals surface area (Å²) in [7, 11) is 0. The fourth-order valence-electron chi connectivity index (χ4n) is 2.36. The van der Waals surface area contributed by atoms with Crippen molar-refractivity contribution in [2.24, 2.45) is 4.99 Å². The average molecular weight is 331 g/mol. The minimum Gasteiger partial charge on any atom is -0.340 e. The van der Waals surface area contributed by atoms with E-state index < -0.39 is 4.92 Å². The molecule has 0 saturated carbocycles. The number of nitrogens with zero attached hydrogens (tertiary/aromatic N) is 2. The second kappa shape index (κ2) is 7.88. The second-order valence-corrected chi connectivity index (χ2v) is 5.45. The van der Waals surface area contributed by atoms with Gasteiger partial charge < -0.3 is 5.32 Å². The molecule has 0 saturated heterocycles. The van der Waals surface area contributed by atoms with Crippen LogP contribution in [0.1, 0.15) is 11.1 Å². The fraction of sp³-hybridized carbons (Fsp3) is 0.0500. The molecule has 0 radical (unpaired) electrons. The Labute approximate surface area is 145 Å². The summed E-state index contributed by atoms with van der Waals surface area (Å²) in [6.07, 6.45) is 0. The van der Waals surface area contributed by atoms with Gasteiger partial charge in [-0.15, -0.1) is 0 Å². The van der Waals surface area contributed by atoms with Crippen molar-refractivity contribution >= 4 is 17.2 Å². The van der Waals surface area contributed by atoms with E-state index in [9.17, 15) is 10.1 Å². The summed E-state index contributed by atoms with van der Waals surface area (Å²) in [6, 6.07) is 26.0. The number of aliphatic imine (C=N–C) groups is 1. The second-order valence-electron chi connectivity index (χ2n) is 5.45. The van der Waals surface area contributed by atoms with Crippen LogP contribution in [0.5, 0.6) is 0 Å². The van der Waals surface area contributed by atoms with E-state index in [1.165, 1.54) is 12.1 Å². The van der Waals surface area contributed by atoms with Crippen molar-refractivity contribution in [3.63, 3.8) is 0 Å². The quantitative estimate of drug-likeness (QED) is 0.320. The molecule has 25 heavy (non-hydrogen) atoms. The zero-order valence-electron chi connectivity index (χ0n) is 13.5. The summed E-state index contributed by atoms with van der Waals surface area (Å²) < 4.78 is 0. The van der Waals surface area contributed by atoms with Gasteiger partial charge in [0.1, 0.15) is 5.84 Å². The topological polar surface area (TPSA) is 67.5 Å². The van der Waals surface area contributed by atoms with Crippen LogP contribution in [0.2, 0.25) is 0 Å². The molecular formula is C20H17N3O2. The summed E-state index contributed by atoms with van der Waals surface area (Å²) in [5.74, 6) is 0.671. The Bertz CT molecular complexity index is 860. The van der Waals surface area contributed by atoms with Crippen molar-refractivity contribution in [2.75, 3.05) is 5.32 Å². The Morgan fingerprint density at radius 2 is 1.48 bits per heavy atom. The third-order valence-electron chi connectivity index (χ3n) is 3.65. The zero-order valence-corrected chi connectivity index (χ0v) is 13.5. The number of hydrogen-bond donors (Lipinski definition) is 1. The van der Waals surface area contributed by atoms with Crippen LogP contribution in [0.4, 0.5) is 11.4 Å². The Kier molecular flexibility index (Phi) is 5.16. The summed E-state index contributed by atoms with van der Waals surface area (Å²) in [5, 5.41) is 14.1. The van der Waals surface area contributed by atoms with Crippen LogP contribution in [0.3, 0.4) is 0 Å². The maximum absolute atomic E-state index is 10.8. The first kappa shape index (κ1) is 16.4. The highest BCUT2D eigenvalue weighted by Gasteiger charge is 2.08. The van der Waals surface area contributed by atoms with Crippen LogP contribution in [-0.2, 0) is 6.54 Å². The van der Waals surface area contributed by atoms with Crippen molar-refractivity contribution < 1.29 is 4.92 Å². The molecule has 0 unspecified atom stereocenters. The first-order chi connectivity index (χ1) is 12.2. The van der Waals surface area contributed by atoms with Crippen LogP contribution in [0.15, 0.2) is 89.9 Å². The molecule has 0 bridgehead atoms. The maximum atomic E-state index is 10.8. The van der Waals surface area contributed by atoms with Crippen LogP contribution < -0.4 is 5.32 Å². The van der Waals surface area contributed by atoms with E-state index >= 15 is 0 Å². The Morgan fingerprint density at radius 3 is 2.08 bits per heavy atom. The summed E-state index contributed by atoms with van der Waals surface area (Å²) in [4.78, 5) is 15.1. The van der Waals surface area contributed by atoms with Crippen molar-refractivity contribution in [2.45, 2.75) is 6.54 Å². The lowest BCUT2D eigenvalue weighted by atomic mass is 10.1. The van der Waals surface area contributed by atoms with Crippen LogP contribution in [0.25, 0.3) is 0 Å². The lowest BCUT2D eigenvalue weighted by Gasteiger charge is -2.11. The molecule has 0 aliphatic rings. The van der Waals surface area contributed by atoms with Gasteiger partial charge in [0.05, 0.1) is 11.5 Å². The Morgan fingerprint density at radius 1 is 0.880 bits per heavy atom. The van der Waals surface area contributed by atoms with E-state index in [2.05, 4.69) is 10.3 Å². The van der Waals surface area contributed by atoms with Gasteiger partial charge in [0.2, 0.25) is 0 Å². The Balaban J connectivity index is 1.89. The molecule has 5 heteroatoms. The van der Waals surface area contributed by atoms with Crippen LogP contribution in [0, 0.1) is 10.1 Å². The van der Waals surface area contributed by atoms with Gasteiger partial charge in [-0.1, -0.05) is 48.5 Å². The summed E-state index contributed by atoms with van der Waals surface area (Å²) in [5.41, 5.74) is 2.86. The molecule has 5 nitrogen and oxygen atoms in total. The smallest absolute Gasteiger partial charge is 0.269 e. The SMILES string of the molecule is O=[N+]([O-])c1ccc(C(=NCc2ccccc2)Nc2ccccc2)cc1. The van der Waals surface area contributed by atoms with Gasteiger partial charge in [-0.25, -0.2) is 0 Å². The molecular weight excluding hydrogens is 314 g/mol. The van der Waals surface area contributed by atoms with Crippen molar-refractivity contribution in [3.05, 3.63) is 106 Å². The standard InChI is InChI=1S/C20H17N3O2/c24-23(25)19-13-11-17(12-14-19)20(22-18-9-5-2-6-10-18)21-15-16-7-3-1-4-8-16/h1-14H,15H2,(H,21,22). The molecule has 0 amide bonds. The number of nitro benzene ring substituents is 1. The van der Waals surface area contributed by atoms with E-state index in [4.69, 9.17) is 0 Å². The molecule has 0 spiro atoms. The number of non-ortho nitro benzene ring substituents is 1. The molecule has 3 aromatic rings. The highest BCUT2D eigenvalue weighted by atomic mass is 16.6. The van der Waals surface area contributed by atoms with E-state index in [1.54, 1.807) is 12.1 Å². The van der Waals surface area contributed by atoms with E-state index in [0.717, 1.165) is 16.8 Å². The van der Waals surface area contributed by atoms with E-state index in [1.807, 2.05) is 60.7 Å². The minimum absolute atomic E-state index is 0.0610. The van der Waals surface area contributed by atoms with Gasteiger partial charge in [0.15, 0.2) is 0 Å². The third-order valence-corrected chi connectivity index (χ3v) is 3.65. The molecule has 0 aliphatic heterocycles. The molecule has 0 heterocycles. The molecule has 0 aliphatic carbocycles. The number of hydrogen-bond acceptors (Lipinski definition) is 3. The number of amidine groups is 1. The summed E-state index contributed by atoms with van der Waals surface area (Å²) in [6.45, 7) is 0.521. The lowest BCUT2D eigenvalue weighted by Crippen LogP contribution is -2.14. The molecule has 3 rings (SSSR count). The Hall–Kier alpha value is -3.47. The third kappa shape index (κ3) is 4.51. The van der Waals surface area contributed by atoms with Gasteiger partial charge >= 0.3 is 0 Å². The van der Waals surface area contributed by atoms with Gasteiger partial charge in [-0.05, 0) is 29.8 Å². The highest BCUT2D eigenvalue weighted by molar-refractivity contribution is 6.08. The number of nitro groups is 1. The summed E-state index contributed by atoms with van der Waals surface area (Å²) >= 11 is 0. The van der Waals surface area contributed by atoms with Gasteiger partial charge in [-0.2, -0.15) is 0 Å². The predicted molar refractivity (Wildman–Crippen MR) is 99.8 cm³/mol. The van der Waals surface area contributed by atoms with Gasteiger partial charge in [0.25, 0.3) is 5.69 Å². The lowest BCUT2D eigenvalue weighted by molar-refractivity contribution is -0.384. The molecule has 0 fully saturated rings.